The van der Waals surface area contributed by atoms with Crippen LogP contribution in [0.1, 0.15) is 12.8 Å². The van der Waals surface area contributed by atoms with Gasteiger partial charge >= 0.3 is 0 Å². The van der Waals surface area contributed by atoms with Crippen molar-refractivity contribution in [2.24, 2.45) is 0 Å². The Morgan fingerprint density at radius 3 is 2.27 bits per heavy atom. The number of allylic oxidation sites excluding steroid dienone is 3. The van der Waals surface area contributed by atoms with E-state index in [0.717, 1.165) is 0 Å². The van der Waals surface area contributed by atoms with Crippen LogP contribution in [0.25, 0.3) is 0 Å². The highest BCUT2D eigenvalue weighted by Gasteiger charge is 2.11. The summed E-state index contributed by atoms with van der Waals surface area (Å²) in [6, 6.07) is 0. The predicted molar refractivity (Wildman–Crippen MR) is 49.3 cm³/mol. The summed E-state index contributed by atoms with van der Waals surface area (Å²) < 4.78 is 0. The molecule has 0 unspecified atom stereocenters. The van der Waals surface area contributed by atoms with Gasteiger partial charge in [-0.25, -0.2) is 0 Å². The molecule has 0 bridgehead atoms. The lowest BCUT2D eigenvalue weighted by Crippen LogP contribution is -2.16. The summed E-state index contributed by atoms with van der Waals surface area (Å²) in [5.41, 5.74) is 1.21. The molecule has 11 heavy (non-hydrogen) atoms. The Kier molecular flexibility index (Phi) is 2.96. The van der Waals surface area contributed by atoms with Gasteiger partial charge in [0.15, 0.2) is 0 Å². The van der Waals surface area contributed by atoms with Gasteiger partial charge in [-0.1, -0.05) is 19.2 Å². The molecule has 1 aliphatic rings. The molecule has 1 rings (SSSR count). The molecular formula is C10H15N. The molecule has 1 nitrogen and oxygen atoms in total. The molecule has 1 fully saturated rings. The molecule has 0 saturated carbocycles. The maximum Gasteiger partial charge on any atom is 0.0360 e. The Bertz CT molecular complexity index is 173. The van der Waals surface area contributed by atoms with Crippen LogP contribution in [0.15, 0.2) is 37.1 Å². The van der Waals surface area contributed by atoms with Crippen molar-refractivity contribution in [3.63, 3.8) is 0 Å². The fourth-order valence-electron chi connectivity index (χ4n) is 1.40. The summed E-state index contributed by atoms with van der Waals surface area (Å²) in [7, 11) is 0. The summed E-state index contributed by atoms with van der Waals surface area (Å²) in [5, 5.41) is 0. The van der Waals surface area contributed by atoms with E-state index in [4.69, 9.17) is 0 Å². The first kappa shape index (κ1) is 8.12. The smallest absolute Gasteiger partial charge is 0.0360 e. The molecule has 0 atom stereocenters. The average molecular weight is 149 g/mol. The Balaban J connectivity index is 2.60. The fourth-order valence-corrected chi connectivity index (χ4v) is 1.40. The molecule has 0 N–H and O–H groups in total. The molecule has 0 spiro atoms. The van der Waals surface area contributed by atoms with Crippen LogP contribution in [0.5, 0.6) is 0 Å². The molecule has 0 aliphatic carbocycles. The third kappa shape index (κ3) is 1.97. The van der Waals surface area contributed by atoms with E-state index in [0.29, 0.717) is 0 Å². The maximum atomic E-state index is 3.77. The van der Waals surface area contributed by atoms with Crippen LogP contribution in [0.3, 0.4) is 0 Å². The van der Waals surface area contributed by atoms with Gasteiger partial charge in [-0.15, -0.1) is 0 Å². The largest absolute Gasteiger partial charge is 0.372 e. The van der Waals surface area contributed by atoms with Gasteiger partial charge in [-0.2, -0.15) is 0 Å². The van der Waals surface area contributed by atoms with Gasteiger partial charge in [0, 0.05) is 18.8 Å². The first-order valence-electron chi connectivity index (χ1n) is 4.08. The van der Waals surface area contributed by atoms with Gasteiger partial charge < -0.3 is 4.90 Å². The fraction of sp³-hybridized carbons (Fsp3) is 0.400. The van der Waals surface area contributed by atoms with E-state index in [9.17, 15) is 0 Å². The van der Waals surface area contributed by atoms with E-state index in [2.05, 4.69) is 18.1 Å². The normalized spacial score (nSPS) is 18.5. The first-order chi connectivity index (χ1) is 5.38. The Hall–Kier alpha value is -0.980. The lowest BCUT2D eigenvalue weighted by atomic mass is 10.3. The monoisotopic (exact) mass is 149 g/mol. The molecule has 60 valence electrons. The molecule has 0 radical (unpaired) electrons. The molecular weight excluding hydrogens is 134 g/mol. The van der Waals surface area contributed by atoms with Crippen molar-refractivity contribution in [2.75, 3.05) is 13.1 Å². The van der Waals surface area contributed by atoms with E-state index in [1.807, 2.05) is 18.2 Å². The summed E-state index contributed by atoms with van der Waals surface area (Å²) >= 11 is 0. The summed E-state index contributed by atoms with van der Waals surface area (Å²) in [4.78, 5) is 2.34. The number of hydrogen-bond acceptors (Lipinski definition) is 1. The van der Waals surface area contributed by atoms with Crippen molar-refractivity contribution in [1.29, 1.82) is 0 Å². The highest BCUT2D eigenvalue weighted by molar-refractivity contribution is 5.20. The summed E-state index contributed by atoms with van der Waals surface area (Å²) in [6.07, 6.45) is 8.34. The number of rotatable bonds is 3. The second-order valence-corrected chi connectivity index (χ2v) is 2.73. The van der Waals surface area contributed by atoms with E-state index >= 15 is 0 Å². The van der Waals surface area contributed by atoms with Gasteiger partial charge in [0.2, 0.25) is 0 Å². The average Bonchev–Trinajstić information content (AvgIpc) is 2.52. The summed E-state index contributed by atoms with van der Waals surface area (Å²) in [5.74, 6) is 0. The van der Waals surface area contributed by atoms with Gasteiger partial charge in [-0.05, 0) is 25.0 Å². The van der Waals surface area contributed by atoms with Crippen molar-refractivity contribution < 1.29 is 0 Å². The van der Waals surface area contributed by atoms with E-state index < -0.39 is 0 Å². The predicted octanol–water partition coefficient (Wildman–Crippen LogP) is 2.34. The van der Waals surface area contributed by atoms with Crippen LogP contribution >= 0.6 is 0 Å². The maximum absolute atomic E-state index is 3.77. The second-order valence-electron chi connectivity index (χ2n) is 2.73. The van der Waals surface area contributed by atoms with Crippen LogP contribution in [0.4, 0.5) is 0 Å². The standard InChI is InChI=1S/C10H15N/c1-3-7-10(4-2)11-8-5-6-9-11/h3-4,7H,1-2,5-6,8-9H2/b10-7+. The zero-order valence-corrected chi connectivity index (χ0v) is 6.92. The Morgan fingerprint density at radius 2 is 1.82 bits per heavy atom. The summed E-state index contributed by atoms with van der Waals surface area (Å²) in [6.45, 7) is 9.78. The topological polar surface area (TPSA) is 3.24 Å². The molecule has 1 saturated heterocycles. The number of hydrogen-bond donors (Lipinski definition) is 0. The minimum absolute atomic E-state index is 1.17. The van der Waals surface area contributed by atoms with Crippen LogP contribution in [0.2, 0.25) is 0 Å². The van der Waals surface area contributed by atoms with Gasteiger partial charge in [0.1, 0.15) is 0 Å². The van der Waals surface area contributed by atoms with Gasteiger partial charge in [0.25, 0.3) is 0 Å². The lowest BCUT2D eigenvalue weighted by Gasteiger charge is -2.17. The second kappa shape index (κ2) is 4.02. The molecule has 1 heterocycles. The molecule has 0 aromatic heterocycles. The van der Waals surface area contributed by atoms with Gasteiger partial charge in [-0.3, -0.25) is 0 Å². The first-order valence-corrected chi connectivity index (χ1v) is 4.08. The van der Waals surface area contributed by atoms with E-state index in [1.54, 1.807) is 0 Å². The highest BCUT2D eigenvalue weighted by atomic mass is 15.1. The minimum atomic E-state index is 1.17. The minimum Gasteiger partial charge on any atom is -0.372 e. The molecule has 1 aliphatic heterocycles. The van der Waals surface area contributed by atoms with Crippen molar-refractivity contribution >= 4 is 0 Å². The van der Waals surface area contributed by atoms with Crippen LogP contribution in [-0.4, -0.2) is 18.0 Å². The number of likely N-dealkylation sites (tertiary alicyclic amines) is 1. The van der Waals surface area contributed by atoms with E-state index in [-0.39, 0.29) is 0 Å². The van der Waals surface area contributed by atoms with Crippen molar-refractivity contribution in [3.05, 3.63) is 37.1 Å². The van der Waals surface area contributed by atoms with Crippen LogP contribution in [-0.2, 0) is 0 Å². The highest BCUT2D eigenvalue weighted by Crippen LogP contribution is 2.14. The Morgan fingerprint density at radius 1 is 1.18 bits per heavy atom. The van der Waals surface area contributed by atoms with Crippen molar-refractivity contribution in [2.45, 2.75) is 12.8 Å². The lowest BCUT2D eigenvalue weighted by molar-refractivity contribution is 0.441. The third-order valence-corrected chi connectivity index (χ3v) is 1.97. The molecule has 1 heteroatoms. The van der Waals surface area contributed by atoms with Crippen molar-refractivity contribution in [3.8, 4) is 0 Å². The Labute approximate surface area is 68.7 Å². The quantitative estimate of drug-likeness (QED) is 0.557. The molecule has 0 aromatic carbocycles. The van der Waals surface area contributed by atoms with Crippen LogP contribution in [0, 0.1) is 0 Å². The third-order valence-electron chi connectivity index (χ3n) is 1.97. The number of nitrogens with zero attached hydrogens (tertiary/aromatic N) is 1. The van der Waals surface area contributed by atoms with E-state index in [1.165, 1.54) is 31.6 Å². The van der Waals surface area contributed by atoms with Gasteiger partial charge in [0.05, 0.1) is 0 Å². The van der Waals surface area contributed by atoms with Crippen molar-refractivity contribution in [1.82, 2.24) is 4.90 Å². The van der Waals surface area contributed by atoms with Crippen LogP contribution < -0.4 is 0 Å². The zero-order chi connectivity index (χ0) is 8.10. The zero-order valence-electron chi connectivity index (χ0n) is 6.92. The molecule has 0 amide bonds. The SMILES string of the molecule is C=C/C=C(\C=C)N1CCCC1. The molecule has 0 aromatic rings.